The molecule has 188 valence electrons. The molecule has 0 unspecified atom stereocenters. The zero-order chi connectivity index (χ0) is 25.9. The van der Waals surface area contributed by atoms with Crippen LogP contribution in [0.3, 0.4) is 0 Å². The molecule has 3 aromatic carbocycles. The van der Waals surface area contributed by atoms with Gasteiger partial charge in [-0.25, -0.2) is 4.79 Å². The second kappa shape index (κ2) is 10.6. The summed E-state index contributed by atoms with van der Waals surface area (Å²) < 4.78 is 11.4. The molecule has 0 saturated carbocycles. The van der Waals surface area contributed by atoms with E-state index in [1.807, 2.05) is 50.2 Å². The fraction of sp³-hybridized carbons (Fsp3) is 0.355. The third-order valence-electron chi connectivity index (χ3n) is 6.55. The highest BCUT2D eigenvalue weighted by molar-refractivity contribution is 5.89. The number of hydrogen-bond donors (Lipinski definition) is 1. The van der Waals surface area contributed by atoms with Gasteiger partial charge in [0.1, 0.15) is 6.61 Å². The van der Waals surface area contributed by atoms with Gasteiger partial charge in [-0.05, 0) is 51.6 Å². The molecule has 0 atom stereocenters. The molecular weight excluding hydrogens is 450 g/mol. The third kappa shape index (κ3) is 5.78. The van der Waals surface area contributed by atoms with Gasteiger partial charge in [0.05, 0.1) is 5.69 Å². The van der Waals surface area contributed by atoms with E-state index in [1.54, 1.807) is 6.07 Å². The predicted molar refractivity (Wildman–Crippen MR) is 144 cm³/mol. The fourth-order valence-corrected chi connectivity index (χ4v) is 4.64. The van der Waals surface area contributed by atoms with Crippen LogP contribution in [0, 0.1) is 5.41 Å². The van der Waals surface area contributed by atoms with Gasteiger partial charge in [0, 0.05) is 12.3 Å². The first-order valence-electron chi connectivity index (χ1n) is 12.6. The van der Waals surface area contributed by atoms with Gasteiger partial charge in [-0.15, -0.1) is 0 Å². The minimum Gasteiger partial charge on any atom is -0.448 e. The van der Waals surface area contributed by atoms with Gasteiger partial charge in [0.2, 0.25) is 0 Å². The van der Waals surface area contributed by atoms with Crippen molar-refractivity contribution in [2.75, 3.05) is 11.9 Å². The molecule has 4 rings (SSSR count). The Morgan fingerprint density at radius 3 is 2.08 bits per heavy atom. The molecule has 1 aliphatic carbocycles. The van der Waals surface area contributed by atoms with Gasteiger partial charge in [0.25, 0.3) is 0 Å². The average molecular weight is 486 g/mol. The van der Waals surface area contributed by atoms with Crippen LogP contribution in [-0.2, 0) is 9.53 Å². The predicted octanol–water partition coefficient (Wildman–Crippen LogP) is 7.90. The number of nitrogens with one attached hydrogen (secondary N) is 1. The fourth-order valence-electron chi connectivity index (χ4n) is 4.64. The number of esters is 1. The molecular formula is C31H35NO4. The average Bonchev–Trinajstić information content (AvgIpc) is 3.15. The molecule has 0 spiro atoms. The van der Waals surface area contributed by atoms with Crippen LogP contribution in [0.1, 0.15) is 76.0 Å². The molecule has 5 heteroatoms. The van der Waals surface area contributed by atoms with Crippen molar-refractivity contribution >= 4 is 17.7 Å². The number of rotatable bonds is 7. The molecule has 3 aromatic rings. The van der Waals surface area contributed by atoms with Crippen molar-refractivity contribution in [2.45, 2.75) is 59.3 Å². The zero-order valence-corrected chi connectivity index (χ0v) is 21.8. The summed E-state index contributed by atoms with van der Waals surface area (Å²) in [7, 11) is 0. The van der Waals surface area contributed by atoms with Crippen LogP contribution in [0.15, 0.2) is 66.7 Å². The Balaban J connectivity index is 1.49. The lowest BCUT2D eigenvalue weighted by Crippen LogP contribution is -2.20. The molecule has 0 heterocycles. The Labute approximate surface area is 213 Å². The van der Waals surface area contributed by atoms with Crippen molar-refractivity contribution in [3.63, 3.8) is 0 Å². The lowest BCUT2D eigenvalue weighted by molar-refractivity contribution is -0.134. The molecule has 1 N–H and O–H groups in total. The van der Waals surface area contributed by atoms with Crippen LogP contribution in [0.2, 0.25) is 0 Å². The van der Waals surface area contributed by atoms with Crippen molar-refractivity contribution in [1.29, 1.82) is 0 Å². The first-order valence-corrected chi connectivity index (χ1v) is 12.6. The van der Waals surface area contributed by atoms with Crippen LogP contribution in [0.4, 0.5) is 10.5 Å². The maximum absolute atomic E-state index is 13.0. The van der Waals surface area contributed by atoms with Gasteiger partial charge in [-0.3, -0.25) is 10.1 Å². The summed E-state index contributed by atoms with van der Waals surface area (Å²) in [5, 5.41) is 2.87. The summed E-state index contributed by atoms with van der Waals surface area (Å²) in [4.78, 5) is 25.5. The van der Waals surface area contributed by atoms with E-state index in [4.69, 9.17) is 9.47 Å². The molecule has 0 aromatic heterocycles. The number of carbonyl (C=O) groups excluding carboxylic acids is 2. The molecule has 0 radical (unpaired) electrons. The number of ether oxygens (including phenoxy) is 2. The molecule has 1 amide bonds. The summed E-state index contributed by atoms with van der Waals surface area (Å²) in [6, 6.07) is 21.9. The van der Waals surface area contributed by atoms with Crippen molar-refractivity contribution in [3.8, 4) is 16.9 Å². The summed E-state index contributed by atoms with van der Waals surface area (Å²) in [6.07, 6.45) is 0.446. The van der Waals surface area contributed by atoms with Gasteiger partial charge in [-0.2, -0.15) is 0 Å². The highest BCUT2D eigenvalue weighted by atomic mass is 16.6. The van der Waals surface area contributed by atoms with E-state index in [0.29, 0.717) is 24.3 Å². The first-order chi connectivity index (χ1) is 17.1. The van der Waals surface area contributed by atoms with Crippen LogP contribution >= 0.6 is 0 Å². The first kappa shape index (κ1) is 25.5. The minimum atomic E-state index is -0.572. The van der Waals surface area contributed by atoms with E-state index < -0.39 is 6.09 Å². The molecule has 36 heavy (non-hydrogen) atoms. The third-order valence-corrected chi connectivity index (χ3v) is 6.55. The number of anilines is 1. The Bertz CT molecular complexity index is 1210. The van der Waals surface area contributed by atoms with Crippen LogP contribution in [0.5, 0.6) is 5.75 Å². The van der Waals surface area contributed by atoms with Gasteiger partial charge in [0.15, 0.2) is 5.75 Å². The molecule has 0 aliphatic heterocycles. The largest absolute Gasteiger partial charge is 0.448 e. The van der Waals surface area contributed by atoms with Crippen molar-refractivity contribution in [3.05, 3.63) is 83.4 Å². The van der Waals surface area contributed by atoms with E-state index >= 15 is 0 Å². The van der Waals surface area contributed by atoms with Crippen LogP contribution in [-0.4, -0.2) is 18.7 Å². The number of hydrogen-bond acceptors (Lipinski definition) is 4. The molecule has 0 saturated heterocycles. The molecule has 0 bridgehead atoms. The van der Waals surface area contributed by atoms with Crippen molar-refractivity contribution < 1.29 is 19.1 Å². The quantitative estimate of drug-likeness (QED) is 0.273. The van der Waals surface area contributed by atoms with E-state index in [9.17, 15) is 9.59 Å². The smallest absolute Gasteiger partial charge is 0.411 e. The van der Waals surface area contributed by atoms with E-state index in [-0.39, 0.29) is 29.8 Å². The second-order valence-electron chi connectivity index (χ2n) is 10.9. The number of carbonyl (C=O) groups is 2. The summed E-state index contributed by atoms with van der Waals surface area (Å²) >= 11 is 0. The zero-order valence-electron chi connectivity index (χ0n) is 21.8. The second-order valence-corrected chi connectivity index (χ2v) is 10.9. The van der Waals surface area contributed by atoms with Gasteiger partial charge < -0.3 is 9.47 Å². The number of benzene rings is 3. The Morgan fingerprint density at radius 2 is 1.50 bits per heavy atom. The Morgan fingerprint density at radius 1 is 0.889 bits per heavy atom. The monoisotopic (exact) mass is 485 g/mol. The van der Waals surface area contributed by atoms with Crippen molar-refractivity contribution in [2.24, 2.45) is 5.41 Å². The normalized spacial score (nSPS) is 12.7. The Hall–Kier alpha value is -3.60. The lowest BCUT2D eigenvalue weighted by Gasteiger charge is -2.20. The SMILES string of the molecule is CC(C)c1cccc(OC(=O)CCC(C)(C)C)c1NC(=O)OCC1c2ccccc2-c2ccccc21. The van der Waals surface area contributed by atoms with E-state index in [0.717, 1.165) is 16.7 Å². The maximum atomic E-state index is 13.0. The standard InChI is InChI=1S/C31H35NO4/c1-20(2)21-15-10-16-27(36-28(33)17-18-31(3,4)5)29(21)32-30(34)35-19-26-24-13-8-6-11-22(24)23-12-7-9-14-25(23)26/h6-16,20,26H,17-19H2,1-5H3,(H,32,34). The highest BCUT2D eigenvalue weighted by Crippen LogP contribution is 2.44. The number of para-hydroxylation sites is 1. The molecule has 0 fully saturated rings. The Kier molecular flexibility index (Phi) is 7.48. The lowest BCUT2D eigenvalue weighted by atomic mass is 9.91. The van der Waals surface area contributed by atoms with Crippen LogP contribution < -0.4 is 10.1 Å². The number of amides is 1. The van der Waals surface area contributed by atoms with Gasteiger partial charge >= 0.3 is 12.1 Å². The summed E-state index contributed by atoms with van der Waals surface area (Å²) in [6.45, 7) is 10.5. The van der Waals surface area contributed by atoms with Gasteiger partial charge in [-0.1, -0.05) is 95.3 Å². The van der Waals surface area contributed by atoms with E-state index in [1.165, 1.54) is 11.1 Å². The maximum Gasteiger partial charge on any atom is 0.411 e. The topological polar surface area (TPSA) is 64.6 Å². The highest BCUT2D eigenvalue weighted by Gasteiger charge is 2.29. The molecule has 5 nitrogen and oxygen atoms in total. The summed E-state index contributed by atoms with van der Waals surface area (Å²) in [5.74, 6) is 0.107. The van der Waals surface area contributed by atoms with Crippen molar-refractivity contribution in [1.82, 2.24) is 0 Å². The minimum absolute atomic E-state index is 0.0289. The molecule has 1 aliphatic rings. The number of fused-ring (bicyclic) bond motifs is 3. The summed E-state index contributed by atoms with van der Waals surface area (Å²) in [5.41, 5.74) is 6.05. The van der Waals surface area contributed by atoms with E-state index in [2.05, 4.69) is 50.4 Å². The van der Waals surface area contributed by atoms with Crippen LogP contribution in [0.25, 0.3) is 11.1 Å².